The third kappa shape index (κ3) is 4.20. The van der Waals surface area contributed by atoms with E-state index >= 15 is 0 Å². The Kier molecular flexibility index (Phi) is 6.03. The van der Waals surface area contributed by atoms with Crippen LogP contribution in [0.15, 0.2) is 35.4 Å². The summed E-state index contributed by atoms with van der Waals surface area (Å²) in [5.41, 5.74) is 2.11. The summed E-state index contributed by atoms with van der Waals surface area (Å²) in [6.07, 6.45) is 12.0. The van der Waals surface area contributed by atoms with Crippen LogP contribution in [0.1, 0.15) is 56.6 Å². The number of rotatable bonds is 7. The van der Waals surface area contributed by atoms with Crippen molar-refractivity contribution in [1.82, 2.24) is 9.97 Å². The maximum Gasteiger partial charge on any atom is 0.224 e. The van der Waals surface area contributed by atoms with E-state index in [0.29, 0.717) is 29.3 Å². The lowest BCUT2D eigenvalue weighted by molar-refractivity contribution is -0.0521. The highest BCUT2D eigenvalue weighted by Gasteiger charge is 2.50. The predicted molar refractivity (Wildman–Crippen MR) is 131 cm³/mol. The van der Waals surface area contributed by atoms with Crippen LogP contribution in [0, 0.1) is 40.4 Å². The quantitative estimate of drug-likeness (QED) is 0.511. The second-order valence-corrected chi connectivity index (χ2v) is 11.1. The molecule has 32 heavy (non-hydrogen) atoms. The number of hydrogen-bond donors (Lipinski definition) is 2. The minimum atomic E-state index is 0.362. The van der Waals surface area contributed by atoms with Crippen LogP contribution in [0.3, 0.4) is 0 Å². The summed E-state index contributed by atoms with van der Waals surface area (Å²) in [6, 6.07) is 10.6. The van der Waals surface area contributed by atoms with Gasteiger partial charge in [-0.2, -0.15) is 10.2 Å². The number of aromatic nitrogens is 2. The first-order valence-corrected chi connectivity index (χ1v) is 13.2. The number of hydrogen-bond acceptors (Lipinski definition) is 6. The molecular weight excluding hydrogens is 414 g/mol. The van der Waals surface area contributed by atoms with Gasteiger partial charge < -0.3 is 10.6 Å². The molecule has 3 bridgehead atoms. The van der Waals surface area contributed by atoms with E-state index < -0.39 is 0 Å². The molecule has 5 rings (SSSR count). The van der Waals surface area contributed by atoms with Crippen LogP contribution < -0.4 is 10.6 Å². The van der Waals surface area contributed by atoms with Gasteiger partial charge in [-0.15, -0.1) is 11.8 Å². The SMILES string of the molecule is CSc1ccccc1CNc1ncc(C#N)c(NC[C@]23CCC4C[C@H](C)[C@H](CC4C2)C3)n1. The smallest absolute Gasteiger partial charge is 0.224 e. The molecule has 5 atom stereocenters. The summed E-state index contributed by atoms with van der Waals surface area (Å²) in [5.74, 6) is 4.84. The zero-order valence-electron chi connectivity index (χ0n) is 19.1. The molecule has 1 heterocycles. The summed E-state index contributed by atoms with van der Waals surface area (Å²) in [6.45, 7) is 4.04. The Labute approximate surface area is 195 Å². The Morgan fingerprint density at radius 1 is 1.16 bits per heavy atom. The Balaban J connectivity index is 1.29. The number of thioether (sulfide) groups is 1. The van der Waals surface area contributed by atoms with Crippen molar-refractivity contribution in [3.05, 3.63) is 41.6 Å². The van der Waals surface area contributed by atoms with Gasteiger partial charge in [0.05, 0.1) is 6.20 Å². The second-order valence-electron chi connectivity index (χ2n) is 10.3. The van der Waals surface area contributed by atoms with E-state index in [1.54, 1.807) is 18.0 Å². The van der Waals surface area contributed by atoms with Gasteiger partial charge in [-0.05, 0) is 85.5 Å². The molecule has 1 aromatic carbocycles. The summed E-state index contributed by atoms with van der Waals surface area (Å²) in [7, 11) is 0. The average Bonchev–Trinajstić information content (AvgIpc) is 2.82. The molecule has 3 aliphatic carbocycles. The fraction of sp³-hybridized carbons (Fsp3) is 0.577. The number of fused-ring (bicyclic) bond motifs is 2. The lowest BCUT2D eigenvalue weighted by atomic mass is 9.49. The molecule has 5 nitrogen and oxygen atoms in total. The molecule has 0 saturated heterocycles. The number of nitrogens with one attached hydrogen (secondary N) is 2. The van der Waals surface area contributed by atoms with E-state index in [9.17, 15) is 5.26 Å². The van der Waals surface area contributed by atoms with Crippen molar-refractivity contribution >= 4 is 23.5 Å². The molecule has 3 fully saturated rings. The standard InChI is InChI=1S/C26H33N5S/c1-17-9-18-7-8-26(11-20(17)10-21(18)12-26)16-30-24-22(13-27)15-29-25(31-24)28-14-19-5-3-4-6-23(19)32-2/h3-6,15,17-18,20-21H,7-12,14,16H2,1-2H3,(H2,28,29,30,31)/t17-,18?,20+,21?,26-/m0/s1. The Morgan fingerprint density at radius 2 is 2.00 bits per heavy atom. The van der Waals surface area contributed by atoms with Crippen molar-refractivity contribution in [1.29, 1.82) is 5.26 Å². The molecular formula is C26H33N5S. The minimum absolute atomic E-state index is 0.362. The van der Waals surface area contributed by atoms with Gasteiger partial charge in [-0.3, -0.25) is 0 Å². The highest BCUT2D eigenvalue weighted by atomic mass is 32.2. The Bertz CT molecular complexity index is 1020. The highest BCUT2D eigenvalue weighted by molar-refractivity contribution is 7.98. The summed E-state index contributed by atoms with van der Waals surface area (Å²) in [4.78, 5) is 10.3. The number of anilines is 2. The summed E-state index contributed by atoms with van der Waals surface area (Å²) >= 11 is 1.74. The molecule has 3 aliphatic rings. The van der Waals surface area contributed by atoms with Crippen molar-refractivity contribution in [3.8, 4) is 6.07 Å². The van der Waals surface area contributed by atoms with Crippen LogP contribution in [0.25, 0.3) is 0 Å². The first-order valence-electron chi connectivity index (χ1n) is 12.0. The van der Waals surface area contributed by atoms with Crippen LogP contribution in [0.5, 0.6) is 0 Å². The summed E-state index contributed by atoms with van der Waals surface area (Å²) < 4.78 is 0. The third-order valence-corrected chi connectivity index (χ3v) is 9.19. The van der Waals surface area contributed by atoms with E-state index in [1.807, 2.05) is 0 Å². The Hall–Kier alpha value is -2.26. The van der Waals surface area contributed by atoms with E-state index in [1.165, 1.54) is 49.0 Å². The zero-order valence-corrected chi connectivity index (χ0v) is 19.9. The van der Waals surface area contributed by atoms with Gasteiger partial charge in [0.1, 0.15) is 17.5 Å². The van der Waals surface area contributed by atoms with Gasteiger partial charge in [-0.25, -0.2) is 4.98 Å². The second kappa shape index (κ2) is 8.94. The monoisotopic (exact) mass is 447 g/mol. The molecule has 168 valence electrons. The highest BCUT2D eigenvalue weighted by Crippen LogP contribution is 2.59. The lowest BCUT2D eigenvalue weighted by Crippen LogP contribution is -2.49. The average molecular weight is 448 g/mol. The van der Waals surface area contributed by atoms with Crippen LogP contribution in [-0.2, 0) is 6.54 Å². The number of benzene rings is 1. The van der Waals surface area contributed by atoms with E-state index in [0.717, 1.165) is 30.2 Å². The van der Waals surface area contributed by atoms with Crippen molar-refractivity contribution in [2.45, 2.75) is 56.9 Å². The van der Waals surface area contributed by atoms with Gasteiger partial charge in [0.25, 0.3) is 0 Å². The van der Waals surface area contributed by atoms with Crippen LogP contribution >= 0.6 is 11.8 Å². The Morgan fingerprint density at radius 3 is 2.84 bits per heavy atom. The minimum Gasteiger partial charge on any atom is -0.368 e. The molecule has 0 spiro atoms. The third-order valence-electron chi connectivity index (χ3n) is 8.36. The fourth-order valence-electron chi connectivity index (χ4n) is 6.67. The molecule has 2 unspecified atom stereocenters. The van der Waals surface area contributed by atoms with Crippen molar-refractivity contribution < 1.29 is 0 Å². The first-order chi connectivity index (χ1) is 15.6. The molecule has 0 aliphatic heterocycles. The van der Waals surface area contributed by atoms with Gasteiger partial charge in [0.15, 0.2) is 0 Å². The zero-order chi connectivity index (χ0) is 22.1. The van der Waals surface area contributed by atoms with E-state index in [2.05, 4.69) is 59.1 Å². The fourth-order valence-corrected chi connectivity index (χ4v) is 7.28. The van der Waals surface area contributed by atoms with Crippen LogP contribution in [0.2, 0.25) is 0 Å². The van der Waals surface area contributed by atoms with Gasteiger partial charge in [-0.1, -0.05) is 25.1 Å². The van der Waals surface area contributed by atoms with E-state index in [-0.39, 0.29) is 0 Å². The number of nitrogens with zero attached hydrogens (tertiary/aromatic N) is 3. The van der Waals surface area contributed by atoms with Crippen molar-refractivity contribution in [2.24, 2.45) is 29.1 Å². The molecule has 1 aromatic heterocycles. The molecule has 2 aromatic rings. The summed E-state index contributed by atoms with van der Waals surface area (Å²) in [5, 5.41) is 16.6. The molecule has 3 saturated carbocycles. The maximum atomic E-state index is 9.62. The predicted octanol–water partition coefficient (Wildman–Crippen LogP) is 5.95. The topological polar surface area (TPSA) is 73.6 Å². The lowest BCUT2D eigenvalue weighted by Gasteiger charge is -2.57. The molecule has 2 N–H and O–H groups in total. The maximum absolute atomic E-state index is 9.62. The molecule has 0 amide bonds. The van der Waals surface area contributed by atoms with Crippen LogP contribution in [0.4, 0.5) is 11.8 Å². The largest absolute Gasteiger partial charge is 0.368 e. The van der Waals surface area contributed by atoms with Gasteiger partial charge in [0, 0.05) is 18.0 Å². The van der Waals surface area contributed by atoms with Crippen LogP contribution in [-0.4, -0.2) is 22.8 Å². The van der Waals surface area contributed by atoms with Crippen molar-refractivity contribution in [2.75, 3.05) is 23.4 Å². The van der Waals surface area contributed by atoms with Gasteiger partial charge in [0.2, 0.25) is 5.95 Å². The van der Waals surface area contributed by atoms with Gasteiger partial charge >= 0.3 is 0 Å². The normalized spacial score (nSPS) is 30.5. The van der Waals surface area contributed by atoms with E-state index in [4.69, 9.17) is 4.98 Å². The van der Waals surface area contributed by atoms with Crippen molar-refractivity contribution in [3.63, 3.8) is 0 Å². The molecule has 6 heteroatoms. The molecule has 0 radical (unpaired) electrons. The first kappa shape index (κ1) is 21.6. The number of nitriles is 1.